The zero-order valence-corrected chi connectivity index (χ0v) is 9.45. The van der Waals surface area contributed by atoms with E-state index in [-0.39, 0.29) is 6.29 Å². The molecular weight excluding hydrogens is 192 g/mol. The van der Waals surface area contributed by atoms with Gasteiger partial charge in [0.2, 0.25) is 0 Å². The molecule has 0 radical (unpaired) electrons. The summed E-state index contributed by atoms with van der Waals surface area (Å²) in [7, 11) is 0. The highest BCUT2D eigenvalue weighted by Gasteiger charge is 2.21. The first-order valence-electron chi connectivity index (χ1n) is 6.30. The van der Waals surface area contributed by atoms with Crippen LogP contribution in [-0.4, -0.2) is 32.2 Å². The average Bonchev–Trinajstić information content (AvgIpc) is 3.09. The molecule has 2 rings (SSSR count). The van der Waals surface area contributed by atoms with Gasteiger partial charge in [-0.2, -0.15) is 0 Å². The summed E-state index contributed by atoms with van der Waals surface area (Å²) in [4.78, 5) is 0. The van der Waals surface area contributed by atoms with Crippen molar-refractivity contribution in [2.24, 2.45) is 0 Å². The van der Waals surface area contributed by atoms with Crippen LogP contribution >= 0.6 is 0 Å². The van der Waals surface area contributed by atoms with Gasteiger partial charge in [-0.15, -0.1) is 0 Å². The Balaban J connectivity index is 1.37. The van der Waals surface area contributed by atoms with Gasteiger partial charge in [0.1, 0.15) is 0 Å². The van der Waals surface area contributed by atoms with Crippen molar-refractivity contribution < 1.29 is 14.2 Å². The molecule has 0 spiro atoms. The molecule has 3 nitrogen and oxygen atoms in total. The lowest BCUT2D eigenvalue weighted by atomic mass is 10.1. The number of unbranched alkanes of at least 4 members (excludes halogenated alkanes) is 2. The van der Waals surface area contributed by atoms with Crippen LogP contribution in [-0.2, 0) is 14.2 Å². The number of hydrogen-bond donors (Lipinski definition) is 0. The molecule has 2 heterocycles. The van der Waals surface area contributed by atoms with Gasteiger partial charge >= 0.3 is 0 Å². The zero-order valence-electron chi connectivity index (χ0n) is 9.45. The van der Waals surface area contributed by atoms with Gasteiger partial charge in [-0.25, -0.2) is 0 Å². The van der Waals surface area contributed by atoms with Crippen molar-refractivity contribution in [3.05, 3.63) is 0 Å². The quantitative estimate of drug-likeness (QED) is 0.482. The minimum absolute atomic E-state index is 0.0884. The Morgan fingerprint density at radius 2 is 2.00 bits per heavy atom. The third kappa shape index (κ3) is 4.96. The van der Waals surface area contributed by atoms with Crippen molar-refractivity contribution >= 4 is 0 Å². The molecule has 0 aromatic carbocycles. The molecule has 3 heteroatoms. The Hall–Kier alpha value is -0.120. The van der Waals surface area contributed by atoms with Crippen molar-refractivity contribution in [3.63, 3.8) is 0 Å². The molecule has 2 aliphatic heterocycles. The average molecular weight is 214 g/mol. The molecular formula is C12H22O3. The first kappa shape index (κ1) is 11.4. The molecule has 0 aliphatic carbocycles. The van der Waals surface area contributed by atoms with Crippen LogP contribution in [0, 0.1) is 0 Å². The van der Waals surface area contributed by atoms with E-state index in [2.05, 4.69) is 0 Å². The lowest BCUT2D eigenvalue weighted by Gasteiger charge is -2.22. The maximum absolute atomic E-state index is 5.65. The second-order valence-electron chi connectivity index (χ2n) is 4.47. The lowest BCUT2D eigenvalue weighted by molar-refractivity contribution is -0.162. The van der Waals surface area contributed by atoms with E-state index >= 15 is 0 Å². The summed E-state index contributed by atoms with van der Waals surface area (Å²) >= 11 is 0. The van der Waals surface area contributed by atoms with E-state index in [1.165, 1.54) is 32.1 Å². The van der Waals surface area contributed by atoms with Crippen molar-refractivity contribution in [1.29, 1.82) is 0 Å². The molecule has 2 aliphatic rings. The first-order valence-corrected chi connectivity index (χ1v) is 6.30. The SMILES string of the molecule is C(CCOC1CCCCO1)CCC1CO1. The van der Waals surface area contributed by atoms with Crippen LogP contribution in [0.25, 0.3) is 0 Å². The number of rotatable bonds is 7. The topological polar surface area (TPSA) is 31.0 Å². The molecule has 0 bridgehead atoms. The maximum Gasteiger partial charge on any atom is 0.157 e. The van der Waals surface area contributed by atoms with Crippen molar-refractivity contribution in [2.75, 3.05) is 19.8 Å². The molecule has 2 atom stereocenters. The molecule has 0 N–H and O–H groups in total. The molecule has 2 unspecified atom stereocenters. The zero-order chi connectivity index (χ0) is 10.3. The Morgan fingerprint density at radius 1 is 1.07 bits per heavy atom. The Morgan fingerprint density at radius 3 is 2.73 bits per heavy atom. The van der Waals surface area contributed by atoms with Crippen molar-refractivity contribution in [1.82, 2.24) is 0 Å². The summed E-state index contributed by atoms with van der Waals surface area (Å²) in [5.74, 6) is 0. The van der Waals surface area contributed by atoms with Crippen LogP contribution in [0.1, 0.15) is 44.9 Å². The molecule has 0 saturated carbocycles. The number of ether oxygens (including phenoxy) is 3. The maximum atomic E-state index is 5.65. The third-order valence-electron chi connectivity index (χ3n) is 3.01. The fraction of sp³-hybridized carbons (Fsp3) is 1.00. The minimum Gasteiger partial charge on any atom is -0.373 e. The summed E-state index contributed by atoms with van der Waals surface area (Å²) < 4.78 is 16.3. The summed E-state index contributed by atoms with van der Waals surface area (Å²) in [6, 6.07) is 0. The predicted octanol–water partition coefficient (Wildman–Crippen LogP) is 2.49. The highest BCUT2D eigenvalue weighted by molar-refractivity contribution is 4.68. The molecule has 15 heavy (non-hydrogen) atoms. The van der Waals surface area contributed by atoms with Gasteiger partial charge in [0, 0.05) is 13.2 Å². The Kier molecular flexibility index (Phi) is 4.90. The lowest BCUT2D eigenvalue weighted by Crippen LogP contribution is -2.22. The summed E-state index contributed by atoms with van der Waals surface area (Å²) in [5, 5.41) is 0. The van der Waals surface area contributed by atoms with Gasteiger partial charge in [-0.05, 0) is 32.1 Å². The van der Waals surface area contributed by atoms with Crippen LogP contribution in [0.5, 0.6) is 0 Å². The molecule has 2 fully saturated rings. The van der Waals surface area contributed by atoms with Crippen LogP contribution < -0.4 is 0 Å². The minimum atomic E-state index is 0.0884. The van der Waals surface area contributed by atoms with Crippen LogP contribution in [0.2, 0.25) is 0 Å². The van der Waals surface area contributed by atoms with E-state index < -0.39 is 0 Å². The molecule has 2 saturated heterocycles. The summed E-state index contributed by atoms with van der Waals surface area (Å²) in [6.45, 7) is 2.73. The standard InChI is InChI=1S/C12H22O3/c1(2-6-11-10-15-11)4-8-13-12-7-3-5-9-14-12/h11-12H,1-10H2. The predicted molar refractivity (Wildman–Crippen MR) is 57.8 cm³/mol. The Labute approximate surface area is 92.1 Å². The summed E-state index contributed by atoms with van der Waals surface area (Å²) in [5.41, 5.74) is 0. The highest BCUT2D eigenvalue weighted by Crippen LogP contribution is 2.18. The van der Waals surface area contributed by atoms with E-state index in [1.54, 1.807) is 0 Å². The van der Waals surface area contributed by atoms with E-state index in [0.717, 1.165) is 32.7 Å². The van der Waals surface area contributed by atoms with Crippen molar-refractivity contribution in [3.8, 4) is 0 Å². The normalized spacial score (nSPS) is 30.4. The van der Waals surface area contributed by atoms with Gasteiger partial charge in [0.05, 0.1) is 12.7 Å². The van der Waals surface area contributed by atoms with Crippen molar-refractivity contribution in [2.45, 2.75) is 57.3 Å². The fourth-order valence-electron chi connectivity index (χ4n) is 1.94. The van der Waals surface area contributed by atoms with Crippen LogP contribution in [0.3, 0.4) is 0 Å². The van der Waals surface area contributed by atoms with Crippen LogP contribution in [0.4, 0.5) is 0 Å². The number of epoxide rings is 1. The molecule has 0 amide bonds. The summed E-state index contributed by atoms with van der Waals surface area (Å²) in [6.07, 6.45) is 9.14. The van der Waals surface area contributed by atoms with Crippen LogP contribution in [0.15, 0.2) is 0 Å². The fourth-order valence-corrected chi connectivity index (χ4v) is 1.94. The van der Waals surface area contributed by atoms with E-state index in [1.807, 2.05) is 0 Å². The molecule has 88 valence electrons. The second kappa shape index (κ2) is 6.46. The van der Waals surface area contributed by atoms with Gasteiger partial charge in [-0.1, -0.05) is 12.8 Å². The van der Waals surface area contributed by atoms with Gasteiger partial charge in [0.15, 0.2) is 6.29 Å². The van der Waals surface area contributed by atoms with Gasteiger partial charge in [0.25, 0.3) is 0 Å². The van der Waals surface area contributed by atoms with Gasteiger partial charge in [-0.3, -0.25) is 0 Å². The monoisotopic (exact) mass is 214 g/mol. The molecule has 0 aromatic rings. The third-order valence-corrected chi connectivity index (χ3v) is 3.01. The second-order valence-corrected chi connectivity index (χ2v) is 4.47. The largest absolute Gasteiger partial charge is 0.373 e. The smallest absolute Gasteiger partial charge is 0.157 e. The molecule has 0 aromatic heterocycles. The van der Waals surface area contributed by atoms with E-state index in [4.69, 9.17) is 14.2 Å². The number of hydrogen-bond acceptors (Lipinski definition) is 3. The first-order chi connectivity index (χ1) is 7.45. The van der Waals surface area contributed by atoms with E-state index in [9.17, 15) is 0 Å². The van der Waals surface area contributed by atoms with Gasteiger partial charge < -0.3 is 14.2 Å². The Bertz CT molecular complexity index is 162. The van der Waals surface area contributed by atoms with E-state index in [0.29, 0.717) is 6.10 Å². The highest BCUT2D eigenvalue weighted by atomic mass is 16.7.